The van der Waals surface area contributed by atoms with Crippen molar-refractivity contribution in [3.63, 3.8) is 0 Å². The largest absolute Gasteiger partial charge is 0.466 e. The van der Waals surface area contributed by atoms with E-state index in [1.807, 2.05) is 0 Å². The predicted octanol–water partition coefficient (Wildman–Crippen LogP) is 8.94. The normalized spacial score (nSPS) is 12.0. The molecule has 0 fully saturated rings. The molecule has 0 aromatic heterocycles. The molecular weight excluding hydrogens is 412 g/mol. The molecule has 33 heavy (non-hydrogen) atoms. The zero-order chi connectivity index (χ0) is 24.4. The number of esters is 2. The lowest BCUT2D eigenvalue weighted by Gasteiger charge is -2.14. The Morgan fingerprint density at radius 1 is 0.545 bits per heavy atom. The van der Waals surface area contributed by atoms with Gasteiger partial charge < -0.3 is 9.47 Å². The Morgan fingerprint density at radius 2 is 0.970 bits per heavy atom. The van der Waals surface area contributed by atoms with Gasteiger partial charge in [0.2, 0.25) is 0 Å². The van der Waals surface area contributed by atoms with E-state index in [0.717, 1.165) is 44.9 Å². The molecule has 0 aromatic carbocycles. The van der Waals surface area contributed by atoms with E-state index in [9.17, 15) is 9.59 Å². The van der Waals surface area contributed by atoms with E-state index in [2.05, 4.69) is 20.8 Å². The molecule has 0 saturated heterocycles. The Hall–Kier alpha value is -1.06. The third-order valence-corrected chi connectivity index (χ3v) is 6.55. The van der Waals surface area contributed by atoms with Crippen molar-refractivity contribution >= 4 is 11.9 Å². The number of ether oxygens (including phenoxy) is 2. The molecule has 0 aliphatic rings. The van der Waals surface area contributed by atoms with Crippen molar-refractivity contribution in [3.8, 4) is 0 Å². The number of unbranched alkanes of at least 4 members (excludes halogenated alkanes) is 14. The van der Waals surface area contributed by atoms with E-state index in [-0.39, 0.29) is 11.9 Å². The molecule has 4 nitrogen and oxygen atoms in total. The lowest BCUT2D eigenvalue weighted by Crippen LogP contribution is -2.12. The summed E-state index contributed by atoms with van der Waals surface area (Å²) < 4.78 is 10.5. The first-order valence-corrected chi connectivity index (χ1v) is 14.4. The Bertz CT molecular complexity index is 435. The summed E-state index contributed by atoms with van der Waals surface area (Å²) in [5.74, 6) is 0.479. The van der Waals surface area contributed by atoms with Gasteiger partial charge in [0.15, 0.2) is 0 Å². The van der Waals surface area contributed by atoms with Gasteiger partial charge in [-0.2, -0.15) is 0 Å². The lowest BCUT2D eigenvalue weighted by molar-refractivity contribution is -0.145. The topological polar surface area (TPSA) is 52.6 Å². The first-order valence-electron chi connectivity index (χ1n) is 14.4. The van der Waals surface area contributed by atoms with Crippen molar-refractivity contribution in [2.45, 2.75) is 156 Å². The van der Waals surface area contributed by atoms with Gasteiger partial charge >= 0.3 is 11.9 Å². The number of rotatable bonds is 25. The Morgan fingerprint density at radius 3 is 1.42 bits per heavy atom. The predicted molar refractivity (Wildman–Crippen MR) is 139 cm³/mol. The van der Waals surface area contributed by atoms with Gasteiger partial charge in [-0.25, -0.2) is 0 Å². The molecular formula is C29H56O4. The van der Waals surface area contributed by atoms with Crippen molar-refractivity contribution in [1.29, 1.82) is 0 Å². The quantitative estimate of drug-likeness (QED) is 0.0991. The minimum Gasteiger partial charge on any atom is -0.466 e. The maximum Gasteiger partial charge on any atom is 0.306 e. The molecule has 1 unspecified atom stereocenters. The highest BCUT2D eigenvalue weighted by Gasteiger charge is 2.12. The van der Waals surface area contributed by atoms with Crippen LogP contribution in [-0.2, 0) is 19.1 Å². The molecule has 0 N–H and O–H groups in total. The van der Waals surface area contributed by atoms with Crippen LogP contribution in [0.25, 0.3) is 0 Å². The highest BCUT2D eigenvalue weighted by molar-refractivity contribution is 5.69. The van der Waals surface area contributed by atoms with Crippen LogP contribution in [0.2, 0.25) is 0 Å². The molecule has 0 spiro atoms. The molecule has 0 amide bonds. The first kappa shape index (κ1) is 31.9. The fraction of sp³-hybridized carbons (Fsp3) is 0.931. The Balaban J connectivity index is 3.34. The van der Waals surface area contributed by atoms with Crippen LogP contribution >= 0.6 is 0 Å². The molecule has 0 saturated carbocycles. The van der Waals surface area contributed by atoms with Gasteiger partial charge in [0.1, 0.15) is 0 Å². The fourth-order valence-corrected chi connectivity index (χ4v) is 4.12. The number of hydrogen-bond donors (Lipinski definition) is 0. The second-order valence-corrected chi connectivity index (χ2v) is 9.76. The van der Waals surface area contributed by atoms with Gasteiger partial charge in [0.25, 0.3) is 0 Å². The summed E-state index contributed by atoms with van der Waals surface area (Å²) in [6, 6.07) is 0. The van der Waals surface area contributed by atoms with E-state index in [0.29, 0.717) is 32.0 Å². The van der Waals surface area contributed by atoms with Crippen LogP contribution in [0.4, 0.5) is 0 Å². The minimum absolute atomic E-state index is 0.00203. The highest BCUT2D eigenvalue weighted by atomic mass is 16.5. The van der Waals surface area contributed by atoms with Crippen LogP contribution in [0.5, 0.6) is 0 Å². The number of carbonyl (C=O) groups excluding carboxylic acids is 2. The zero-order valence-electron chi connectivity index (χ0n) is 22.5. The molecule has 0 aromatic rings. The molecule has 0 bridgehead atoms. The SMILES string of the molecule is CCCCOC(=O)CCCCCCCCCCCCCCCC(CC)CC(=O)OCCCC. The van der Waals surface area contributed by atoms with Gasteiger partial charge in [0, 0.05) is 12.8 Å². The minimum atomic E-state index is -0.0175. The van der Waals surface area contributed by atoms with Crippen LogP contribution in [0.3, 0.4) is 0 Å². The summed E-state index contributed by atoms with van der Waals surface area (Å²) in [4.78, 5) is 23.4. The van der Waals surface area contributed by atoms with Crippen molar-refractivity contribution in [2.24, 2.45) is 5.92 Å². The van der Waals surface area contributed by atoms with Gasteiger partial charge in [-0.05, 0) is 31.6 Å². The van der Waals surface area contributed by atoms with Crippen molar-refractivity contribution in [1.82, 2.24) is 0 Å². The third kappa shape index (κ3) is 23.9. The number of carbonyl (C=O) groups is 2. The Kier molecular flexibility index (Phi) is 24.7. The third-order valence-electron chi connectivity index (χ3n) is 6.55. The standard InChI is InChI=1S/C29H56O4/c1-4-7-24-32-28(30)23-21-19-17-15-13-11-9-10-12-14-16-18-20-22-27(6-3)26-29(31)33-25-8-5-2/h27H,4-26H2,1-3H3. The first-order chi connectivity index (χ1) is 16.1. The second kappa shape index (κ2) is 25.6. The zero-order valence-corrected chi connectivity index (χ0v) is 22.5. The van der Waals surface area contributed by atoms with Gasteiger partial charge in [-0.1, -0.05) is 117 Å². The van der Waals surface area contributed by atoms with Crippen LogP contribution in [0.15, 0.2) is 0 Å². The summed E-state index contributed by atoms with van der Waals surface area (Å²) >= 11 is 0. The molecule has 196 valence electrons. The smallest absolute Gasteiger partial charge is 0.306 e. The maximum atomic E-state index is 11.9. The van der Waals surface area contributed by atoms with E-state index < -0.39 is 0 Å². The van der Waals surface area contributed by atoms with Crippen molar-refractivity contribution in [2.75, 3.05) is 13.2 Å². The van der Waals surface area contributed by atoms with Crippen LogP contribution in [0.1, 0.15) is 156 Å². The summed E-state index contributed by atoms with van der Waals surface area (Å²) in [7, 11) is 0. The molecule has 0 aliphatic heterocycles. The monoisotopic (exact) mass is 468 g/mol. The highest BCUT2D eigenvalue weighted by Crippen LogP contribution is 2.19. The summed E-state index contributed by atoms with van der Waals surface area (Å²) in [6.07, 6.45) is 24.2. The molecule has 0 heterocycles. The lowest BCUT2D eigenvalue weighted by atomic mass is 9.95. The van der Waals surface area contributed by atoms with Crippen molar-refractivity contribution < 1.29 is 19.1 Å². The van der Waals surface area contributed by atoms with E-state index >= 15 is 0 Å². The number of hydrogen-bond acceptors (Lipinski definition) is 4. The van der Waals surface area contributed by atoms with Crippen LogP contribution < -0.4 is 0 Å². The molecule has 0 radical (unpaired) electrons. The van der Waals surface area contributed by atoms with Crippen LogP contribution in [0, 0.1) is 5.92 Å². The van der Waals surface area contributed by atoms with E-state index in [1.54, 1.807) is 0 Å². The molecule has 0 rings (SSSR count). The van der Waals surface area contributed by atoms with Gasteiger partial charge in [0.05, 0.1) is 13.2 Å². The molecule has 0 aliphatic carbocycles. The maximum absolute atomic E-state index is 11.9. The summed E-state index contributed by atoms with van der Waals surface area (Å²) in [5.41, 5.74) is 0. The average Bonchev–Trinajstić information content (AvgIpc) is 2.81. The summed E-state index contributed by atoms with van der Waals surface area (Å²) in [5, 5.41) is 0. The van der Waals surface area contributed by atoms with E-state index in [4.69, 9.17) is 9.47 Å². The molecule has 1 atom stereocenters. The molecule has 4 heteroatoms. The summed E-state index contributed by atoms with van der Waals surface area (Å²) in [6.45, 7) is 7.59. The second-order valence-electron chi connectivity index (χ2n) is 9.76. The van der Waals surface area contributed by atoms with Gasteiger partial charge in [-0.3, -0.25) is 9.59 Å². The van der Waals surface area contributed by atoms with Gasteiger partial charge in [-0.15, -0.1) is 0 Å². The fourth-order valence-electron chi connectivity index (χ4n) is 4.12. The van der Waals surface area contributed by atoms with E-state index in [1.165, 1.54) is 77.0 Å². The Labute approximate surface area is 206 Å². The average molecular weight is 469 g/mol. The van der Waals surface area contributed by atoms with Crippen LogP contribution in [-0.4, -0.2) is 25.2 Å². The van der Waals surface area contributed by atoms with Crippen molar-refractivity contribution in [3.05, 3.63) is 0 Å².